The number of aromatic nitrogens is 6. The van der Waals surface area contributed by atoms with E-state index in [1.54, 1.807) is 0 Å². The smallest absolute Gasteiger partial charge is 0.211 e. The Labute approximate surface area is 129 Å². The first-order chi connectivity index (χ1) is 11.3. The van der Waals surface area contributed by atoms with Crippen LogP contribution in [0, 0.1) is 0 Å². The molecule has 2 aromatic heterocycles. The van der Waals surface area contributed by atoms with E-state index in [0.29, 0.717) is 17.9 Å². The van der Waals surface area contributed by atoms with Crippen molar-refractivity contribution in [3.63, 3.8) is 0 Å². The molecule has 0 aliphatic rings. The second kappa shape index (κ2) is 5.34. The zero-order valence-corrected chi connectivity index (χ0v) is 11.8. The average molecular weight is 305 g/mol. The van der Waals surface area contributed by atoms with Gasteiger partial charge < -0.3 is 5.32 Å². The van der Waals surface area contributed by atoms with Crippen molar-refractivity contribution < 1.29 is 4.79 Å². The number of amides is 1. The van der Waals surface area contributed by atoms with Gasteiger partial charge in [-0.05, 0) is 35.5 Å². The van der Waals surface area contributed by atoms with Gasteiger partial charge in [0.2, 0.25) is 12.2 Å². The highest BCUT2D eigenvalue weighted by Crippen LogP contribution is 2.30. The van der Waals surface area contributed by atoms with Crippen molar-refractivity contribution in [3.05, 3.63) is 42.5 Å². The molecule has 1 amide bonds. The van der Waals surface area contributed by atoms with E-state index >= 15 is 0 Å². The minimum Gasteiger partial charge on any atom is -0.329 e. The number of carbonyl (C=O) groups is 1. The van der Waals surface area contributed by atoms with Gasteiger partial charge in [0.25, 0.3) is 0 Å². The van der Waals surface area contributed by atoms with Crippen LogP contribution in [0.1, 0.15) is 0 Å². The Hall–Kier alpha value is -3.55. The predicted octanol–water partition coefficient (Wildman–Crippen LogP) is 1.98. The molecule has 4 rings (SSSR count). The van der Waals surface area contributed by atoms with E-state index in [-0.39, 0.29) is 0 Å². The van der Waals surface area contributed by atoms with Crippen molar-refractivity contribution in [2.45, 2.75) is 0 Å². The van der Waals surface area contributed by atoms with Crippen molar-refractivity contribution in [2.24, 2.45) is 0 Å². The molecule has 0 saturated carbocycles. The molecular weight excluding hydrogens is 294 g/mol. The molecule has 4 aromatic rings. The fourth-order valence-corrected chi connectivity index (χ4v) is 2.48. The maximum Gasteiger partial charge on any atom is 0.211 e. The highest BCUT2D eigenvalue weighted by molar-refractivity contribution is 5.95. The summed E-state index contributed by atoms with van der Waals surface area (Å²) in [7, 11) is 0. The Balaban J connectivity index is 1.85. The fourth-order valence-electron chi connectivity index (χ4n) is 2.48. The lowest BCUT2D eigenvalue weighted by Gasteiger charge is -2.03. The van der Waals surface area contributed by atoms with Crippen LogP contribution in [0.2, 0.25) is 0 Å². The monoisotopic (exact) mass is 305 g/mol. The molecule has 0 aliphatic carbocycles. The molecule has 0 spiro atoms. The van der Waals surface area contributed by atoms with Crippen LogP contribution in [-0.2, 0) is 4.79 Å². The van der Waals surface area contributed by atoms with E-state index in [2.05, 4.69) is 36.1 Å². The fraction of sp³-hybridized carbons (Fsp3) is 0. The molecule has 0 fully saturated rings. The van der Waals surface area contributed by atoms with Gasteiger partial charge in [0.1, 0.15) is 0 Å². The number of H-pyrrole nitrogens is 2. The largest absolute Gasteiger partial charge is 0.329 e. The van der Waals surface area contributed by atoms with Gasteiger partial charge in [-0.1, -0.05) is 12.1 Å². The number of hydrogen-bond donors (Lipinski definition) is 3. The Bertz CT molecular complexity index is 975. The van der Waals surface area contributed by atoms with Crippen molar-refractivity contribution in [1.82, 2.24) is 30.8 Å². The Morgan fingerprint density at radius 2 is 2.00 bits per heavy atom. The number of hydrogen-bond acceptors (Lipinski definition) is 5. The highest BCUT2D eigenvalue weighted by atomic mass is 16.1. The lowest BCUT2D eigenvalue weighted by molar-refractivity contribution is -0.105. The summed E-state index contributed by atoms with van der Waals surface area (Å²) < 4.78 is 0. The molecule has 0 radical (unpaired) electrons. The summed E-state index contributed by atoms with van der Waals surface area (Å²) in [4.78, 5) is 10.6. The summed E-state index contributed by atoms with van der Waals surface area (Å²) in [5, 5.41) is 25.0. The van der Waals surface area contributed by atoms with Gasteiger partial charge in [-0.2, -0.15) is 10.3 Å². The maximum atomic E-state index is 10.6. The van der Waals surface area contributed by atoms with Gasteiger partial charge in [-0.15, -0.1) is 10.2 Å². The van der Waals surface area contributed by atoms with E-state index in [1.165, 1.54) is 0 Å². The molecular formula is C15H11N7O. The number of nitrogens with zero attached hydrogens (tertiary/aromatic N) is 4. The zero-order valence-electron chi connectivity index (χ0n) is 11.8. The molecule has 112 valence electrons. The number of tetrazole rings is 1. The summed E-state index contributed by atoms with van der Waals surface area (Å²) in [5.41, 5.74) is 4.15. The van der Waals surface area contributed by atoms with Crippen LogP contribution in [0.3, 0.4) is 0 Å². The lowest BCUT2D eigenvalue weighted by Crippen LogP contribution is -1.93. The summed E-state index contributed by atoms with van der Waals surface area (Å²) >= 11 is 0. The predicted molar refractivity (Wildman–Crippen MR) is 84.4 cm³/mol. The average Bonchev–Trinajstić information content (AvgIpc) is 3.24. The minimum atomic E-state index is 0.524. The number of fused-ring (bicyclic) bond motifs is 1. The molecule has 8 nitrogen and oxygen atoms in total. The molecule has 0 aliphatic heterocycles. The quantitative estimate of drug-likeness (QED) is 0.499. The minimum absolute atomic E-state index is 0.524. The van der Waals surface area contributed by atoms with E-state index in [0.717, 1.165) is 27.7 Å². The van der Waals surface area contributed by atoms with Crippen molar-refractivity contribution in [1.29, 1.82) is 0 Å². The van der Waals surface area contributed by atoms with Gasteiger partial charge >= 0.3 is 0 Å². The summed E-state index contributed by atoms with van der Waals surface area (Å²) in [6.07, 6.45) is 0.649. The SMILES string of the molecule is O=CNc1cccc(-c2n[nH]c3ccc(-c4nn[nH]n4)cc23)c1. The summed E-state index contributed by atoms with van der Waals surface area (Å²) in [6.45, 7) is 0. The van der Waals surface area contributed by atoms with Gasteiger partial charge in [0.05, 0.1) is 11.2 Å². The second-order valence-corrected chi connectivity index (χ2v) is 4.91. The third-order valence-corrected chi connectivity index (χ3v) is 3.53. The number of benzene rings is 2. The van der Waals surface area contributed by atoms with Gasteiger partial charge in [0.15, 0.2) is 0 Å². The van der Waals surface area contributed by atoms with Crippen LogP contribution in [0.5, 0.6) is 0 Å². The first-order valence-electron chi connectivity index (χ1n) is 6.88. The first-order valence-corrected chi connectivity index (χ1v) is 6.88. The number of anilines is 1. The van der Waals surface area contributed by atoms with E-state index in [4.69, 9.17) is 0 Å². The number of aromatic amines is 2. The molecule has 0 bridgehead atoms. The zero-order chi connectivity index (χ0) is 15.6. The topological polar surface area (TPSA) is 112 Å². The molecule has 0 atom stereocenters. The first kappa shape index (κ1) is 13.1. The highest BCUT2D eigenvalue weighted by Gasteiger charge is 2.11. The molecule has 2 aromatic carbocycles. The maximum absolute atomic E-state index is 10.6. The van der Waals surface area contributed by atoms with Crippen LogP contribution < -0.4 is 5.32 Å². The Kier molecular flexibility index (Phi) is 3.05. The van der Waals surface area contributed by atoms with Crippen molar-refractivity contribution >= 4 is 23.0 Å². The molecule has 8 heteroatoms. The molecule has 0 unspecified atom stereocenters. The molecule has 2 heterocycles. The second-order valence-electron chi connectivity index (χ2n) is 4.91. The summed E-state index contributed by atoms with van der Waals surface area (Å²) in [6, 6.07) is 13.3. The van der Waals surface area contributed by atoms with Crippen LogP contribution in [-0.4, -0.2) is 37.2 Å². The molecule has 0 saturated heterocycles. The van der Waals surface area contributed by atoms with Crippen LogP contribution in [0.25, 0.3) is 33.5 Å². The third-order valence-electron chi connectivity index (χ3n) is 3.53. The van der Waals surface area contributed by atoms with E-state index in [9.17, 15) is 4.79 Å². The Morgan fingerprint density at radius 3 is 2.83 bits per heavy atom. The van der Waals surface area contributed by atoms with Gasteiger partial charge in [0, 0.05) is 22.2 Å². The van der Waals surface area contributed by atoms with Crippen molar-refractivity contribution in [2.75, 3.05) is 5.32 Å². The normalized spacial score (nSPS) is 10.8. The summed E-state index contributed by atoms with van der Waals surface area (Å²) in [5.74, 6) is 0.524. The van der Waals surface area contributed by atoms with Crippen LogP contribution in [0.4, 0.5) is 5.69 Å². The molecule has 3 N–H and O–H groups in total. The van der Waals surface area contributed by atoms with Crippen molar-refractivity contribution in [3.8, 4) is 22.6 Å². The van der Waals surface area contributed by atoms with Gasteiger partial charge in [-0.3, -0.25) is 9.89 Å². The van der Waals surface area contributed by atoms with E-state index in [1.807, 2.05) is 42.5 Å². The van der Waals surface area contributed by atoms with Crippen LogP contribution >= 0.6 is 0 Å². The number of nitrogens with one attached hydrogen (secondary N) is 3. The Morgan fingerprint density at radius 1 is 1.04 bits per heavy atom. The van der Waals surface area contributed by atoms with Crippen LogP contribution in [0.15, 0.2) is 42.5 Å². The number of carbonyl (C=O) groups excluding carboxylic acids is 1. The van der Waals surface area contributed by atoms with Gasteiger partial charge in [-0.25, -0.2) is 0 Å². The third kappa shape index (κ3) is 2.31. The number of rotatable bonds is 4. The van der Waals surface area contributed by atoms with E-state index < -0.39 is 0 Å². The standard InChI is InChI=1S/C15H11N7O/c23-8-16-11-3-1-2-9(6-11)14-12-7-10(15-19-21-22-20-15)4-5-13(12)17-18-14/h1-8H,(H,16,23)(H,17,18)(H,19,20,21,22). The molecule has 23 heavy (non-hydrogen) atoms. The lowest BCUT2D eigenvalue weighted by atomic mass is 10.0.